The Morgan fingerprint density at radius 1 is 1.18 bits per heavy atom. The van der Waals surface area contributed by atoms with E-state index in [-0.39, 0.29) is 6.04 Å². The molecule has 0 aromatic heterocycles. The van der Waals surface area contributed by atoms with Crippen LogP contribution in [0.25, 0.3) is 0 Å². The SMILES string of the molecule is COc1cc(I)c(OC)c(CC(C)N)c1OC. The van der Waals surface area contributed by atoms with Gasteiger partial charge >= 0.3 is 0 Å². The van der Waals surface area contributed by atoms with Crippen LogP contribution < -0.4 is 19.9 Å². The lowest BCUT2D eigenvalue weighted by atomic mass is 10.0. The molecule has 5 heteroatoms. The van der Waals surface area contributed by atoms with Crippen molar-refractivity contribution in [1.29, 1.82) is 0 Å². The Hall–Kier alpha value is -0.690. The molecule has 0 heterocycles. The number of rotatable bonds is 5. The van der Waals surface area contributed by atoms with Crippen LogP contribution in [0.3, 0.4) is 0 Å². The number of hydrogen-bond donors (Lipinski definition) is 1. The van der Waals surface area contributed by atoms with E-state index in [2.05, 4.69) is 22.6 Å². The summed E-state index contributed by atoms with van der Waals surface area (Å²) in [4.78, 5) is 0. The standard InChI is InChI=1S/C12H18INO3/c1-7(14)5-8-11(16-3)9(13)6-10(15-2)12(8)17-4/h6-7H,5,14H2,1-4H3. The van der Waals surface area contributed by atoms with E-state index in [1.54, 1.807) is 21.3 Å². The molecule has 0 aliphatic carbocycles. The minimum Gasteiger partial charge on any atom is -0.495 e. The summed E-state index contributed by atoms with van der Waals surface area (Å²) in [7, 11) is 4.89. The molecule has 2 N–H and O–H groups in total. The van der Waals surface area contributed by atoms with Crippen molar-refractivity contribution in [3.8, 4) is 17.2 Å². The molecule has 0 amide bonds. The second-order valence-corrected chi connectivity index (χ2v) is 4.95. The van der Waals surface area contributed by atoms with Crippen molar-refractivity contribution in [2.45, 2.75) is 19.4 Å². The summed E-state index contributed by atoms with van der Waals surface area (Å²) in [6.07, 6.45) is 0.680. The number of ether oxygens (including phenoxy) is 3. The van der Waals surface area contributed by atoms with Crippen molar-refractivity contribution in [3.63, 3.8) is 0 Å². The molecule has 0 aliphatic heterocycles. The Balaban J connectivity index is 3.41. The lowest BCUT2D eigenvalue weighted by Crippen LogP contribution is -2.19. The molecule has 1 aromatic rings. The van der Waals surface area contributed by atoms with Gasteiger partial charge in [0.25, 0.3) is 0 Å². The van der Waals surface area contributed by atoms with Crippen molar-refractivity contribution >= 4 is 22.6 Å². The zero-order chi connectivity index (χ0) is 13.0. The predicted molar refractivity (Wildman–Crippen MR) is 76.2 cm³/mol. The van der Waals surface area contributed by atoms with Gasteiger partial charge in [0.15, 0.2) is 11.5 Å². The highest BCUT2D eigenvalue weighted by molar-refractivity contribution is 14.1. The largest absolute Gasteiger partial charge is 0.495 e. The highest BCUT2D eigenvalue weighted by atomic mass is 127. The van der Waals surface area contributed by atoms with Gasteiger partial charge in [0.05, 0.1) is 24.9 Å². The zero-order valence-electron chi connectivity index (χ0n) is 10.5. The van der Waals surface area contributed by atoms with Crippen molar-refractivity contribution < 1.29 is 14.2 Å². The lowest BCUT2D eigenvalue weighted by molar-refractivity contribution is 0.341. The second-order valence-electron chi connectivity index (χ2n) is 3.79. The third-order valence-electron chi connectivity index (χ3n) is 2.40. The molecule has 0 bridgehead atoms. The second kappa shape index (κ2) is 6.30. The fraction of sp³-hybridized carbons (Fsp3) is 0.500. The molecular weight excluding hydrogens is 333 g/mol. The first-order valence-electron chi connectivity index (χ1n) is 5.28. The molecule has 96 valence electrons. The van der Waals surface area contributed by atoms with Crippen molar-refractivity contribution in [2.75, 3.05) is 21.3 Å². The smallest absolute Gasteiger partial charge is 0.167 e. The normalized spacial score (nSPS) is 12.1. The summed E-state index contributed by atoms with van der Waals surface area (Å²) in [6, 6.07) is 1.92. The fourth-order valence-corrected chi connectivity index (χ4v) is 2.57. The van der Waals surface area contributed by atoms with Crippen LogP contribution in [-0.4, -0.2) is 27.4 Å². The van der Waals surface area contributed by atoms with Gasteiger partial charge in [-0.3, -0.25) is 0 Å². The molecule has 1 atom stereocenters. The number of benzene rings is 1. The highest BCUT2D eigenvalue weighted by Gasteiger charge is 2.20. The van der Waals surface area contributed by atoms with Crippen LogP contribution in [0.4, 0.5) is 0 Å². The monoisotopic (exact) mass is 351 g/mol. The van der Waals surface area contributed by atoms with Crippen LogP contribution in [0.2, 0.25) is 0 Å². The van der Waals surface area contributed by atoms with Gasteiger partial charge in [0, 0.05) is 17.7 Å². The summed E-state index contributed by atoms with van der Waals surface area (Å²) >= 11 is 2.21. The van der Waals surface area contributed by atoms with E-state index in [0.717, 1.165) is 14.9 Å². The molecule has 0 saturated heterocycles. The third kappa shape index (κ3) is 3.16. The maximum absolute atomic E-state index is 5.86. The van der Waals surface area contributed by atoms with E-state index in [0.29, 0.717) is 17.9 Å². The number of nitrogens with two attached hydrogens (primary N) is 1. The first-order chi connectivity index (χ1) is 8.04. The first-order valence-corrected chi connectivity index (χ1v) is 6.35. The van der Waals surface area contributed by atoms with E-state index in [1.807, 2.05) is 13.0 Å². The van der Waals surface area contributed by atoms with Gasteiger partial charge in [-0.15, -0.1) is 0 Å². The number of methoxy groups -OCH3 is 3. The quantitative estimate of drug-likeness (QED) is 0.827. The van der Waals surface area contributed by atoms with Crippen LogP contribution in [0.1, 0.15) is 12.5 Å². The van der Waals surface area contributed by atoms with Crippen LogP contribution in [0, 0.1) is 3.57 Å². The molecule has 0 aliphatic rings. The van der Waals surface area contributed by atoms with Crippen LogP contribution in [-0.2, 0) is 6.42 Å². The van der Waals surface area contributed by atoms with E-state index >= 15 is 0 Å². The van der Waals surface area contributed by atoms with Crippen LogP contribution in [0.15, 0.2) is 6.07 Å². The summed E-state index contributed by atoms with van der Waals surface area (Å²) in [5, 5.41) is 0. The van der Waals surface area contributed by atoms with E-state index in [9.17, 15) is 0 Å². The molecule has 1 aromatic carbocycles. The molecule has 0 radical (unpaired) electrons. The number of hydrogen-bond acceptors (Lipinski definition) is 4. The molecule has 17 heavy (non-hydrogen) atoms. The van der Waals surface area contributed by atoms with Gasteiger partial charge in [-0.05, 0) is 35.9 Å². The van der Waals surface area contributed by atoms with Crippen molar-refractivity contribution in [1.82, 2.24) is 0 Å². The van der Waals surface area contributed by atoms with Crippen LogP contribution >= 0.6 is 22.6 Å². The molecule has 0 fully saturated rings. The predicted octanol–water partition coefficient (Wildman–Crippen LogP) is 2.21. The van der Waals surface area contributed by atoms with E-state index in [1.165, 1.54) is 0 Å². The molecule has 4 nitrogen and oxygen atoms in total. The maximum atomic E-state index is 5.86. The topological polar surface area (TPSA) is 53.7 Å². The van der Waals surface area contributed by atoms with Gasteiger partial charge in [0.2, 0.25) is 0 Å². The summed E-state index contributed by atoms with van der Waals surface area (Å²) in [5.41, 5.74) is 6.81. The summed E-state index contributed by atoms with van der Waals surface area (Å²) < 4.78 is 17.1. The molecule has 0 saturated carbocycles. The molecule has 1 rings (SSSR count). The fourth-order valence-electron chi connectivity index (χ4n) is 1.75. The Labute approximate surface area is 116 Å². The van der Waals surface area contributed by atoms with Gasteiger partial charge in [-0.25, -0.2) is 0 Å². The van der Waals surface area contributed by atoms with E-state index < -0.39 is 0 Å². The molecule has 0 spiro atoms. The average molecular weight is 351 g/mol. The molecule has 1 unspecified atom stereocenters. The summed E-state index contributed by atoms with van der Waals surface area (Å²) in [6.45, 7) is 1.95. The highest BCUT2D eigenvalue weighted by Crippen LogP contribution is 2.41. The molecular formula is C12H18INO3. The van der Waals surface area contributed by atoms with Crippen molar-refractivity contribution in [2.24, 2.45) is 5.73 Å². The Kier molecular flexibility index (Phi) is 5.32. The first kappa shape index (κ1) is 14.4. The summed E-state index contributed by atoms with van der Waals surface area (Å²) in [5.74, 6) is 2.20. The number of halogens is 1. The Morgan fingerprint density at radius 2 is 1.76 bits per heavy atom. The van der Waals surface area contributed by atoms with Gasteiger partial charge < -0.3 is 19.9 Å². The van der Waals surface area contributed by atoms with Gasteiger partial charge in [-0.2, -0.15) is 0 Å². The maximum Gasteiger partial charge on any atom is 0.167 e. The lowest BCUT2D eigenvalue weighted by Gasteiger charge is -2.18. The van der Waals surface area contributed by atoms with Gasteiger partial charge in [-0.1, -0.05) is 0 Å². The van der Waals surface area contributed by atoms with E-state index in [4.69, 9.17) is 19.9 Å². The van der Waals surface area contributed by atoms with Crippen molar-refractivity contribution in [3.05, 3.63) is 15.2 Å². The van der Waals surface area contributed by atoms with Crippen LogP contribution in [0.5, 0.6) is 17.2 Å². The minimum absolute atomic E-state index is 0.0284. The zero-order valence-corrected chi connectivity index (χ0v) is 12.7. The van der Waals surface area contributed by atoms with Gasteiger partial charge in [0.1, 0.15) is 5.75 Å². The Morgan fingerprint density at radius 3 is 2.18 bits per heavy atom. The Bertz CT molecular complexity index is 394. The average Bonchev–Trinajstić information content (AvgIpc) is 2.28. The minimum atomic E-state index is 0.0284. The third-order valence-corrected chi connectivity index (χ3v) is 3.20.